The standard InChI is InChI=1S/C9H9ClN2OS/c10-8-1-2-9-7(5-8)6-14-4-3-12(9)11-13/h1-2,5H,3-4,6H2. The summed E-state index contributed by atoms with van der Waals surface area (Å²) in [6.45, 7) is 0.669. The molecule has 0 N–H and O–H groups in total. The molecule has 0 bridgehead atoms. The molecule has 1 aliphatic rings. The number of anilines is 1. The van der Waals surface area contributed by atoms with E-state index in [4.69, 9.17) is 11.6 Å². The summed E-state index contributed by atoms with van der Waals surface area (Å²) >= 11 is 7.67. The maximum Gasteiger partial charge on any atom is 0.0668 e. The topological polar surface area (TPSA) is 32.7 Å². The molecule has 0 atom stereocenters. The van der Waals surface area contributed by atoms with Gasteiger partial charge in [0.15, 0.2) is 0 Å². The average Bonchev–Trinajstić information content (AvgIpc) is 2.38. The average molecular weight is 229 g/mol. The minimum absolute atomic E-state index is 0.669. The van der Waals surface area contributed by atoms with Gasteiger partial charge in [0.25, 0.3) is 0 Å². The largest absolute Gasteiger partial charge is 0.228 e. The van der Waals surface area contributed by atoms with Gasteiger partial charge in [-0.05, 0) is 23.8 Å². The number of thioether (sulfide) groups is 1. The number of hydrogen-bond acceptors (Lipinski definition) is 3. The van der Waals surface area contributed by atoms with Gasteiger partial charge in [0, 0.05) is 16.5 Å². The van der Waals surface area contributed by atoms with Crippen LogP contribution >= 0.6 is 23.4 Å². The van der Waals surface area contributed by atoms with Crippen LogP contribution in [0.25, 0.3) is 0 Å². The summed E-state index contributed by atoms with van der Waals surface area (Å²) in [5.41, 5.74) is 1.97. The Balaban J connectivity index is 2.44. The SMILES string of the molecule is O=NN1CCSCc2cc(Cl)ccc21. The molecule has 0 aromatic heterocycles. The number of benzene rings is 1. The summed E-state index contributed by atoms with van der Waals surface area (Å²) in [6.07, 6.45) is 0. The second kappa shape index (κ2) is 4.19. The number of halogens is 1. The quantitative estimate of drug-likeness (QED) is 0.693. The van der Waals surface area contributed by atoms with Crippen LogP contribution in [-0.4, -0.2) is 12.3 Å². The highest BCUT2D eigenvalue weighted by molar-refractivity contribution is 7.98. The highest BCUT2D eigenvalue weighted by Gasteiger charge is 2.15. The summed E-state index contributed by atoms with van der Waals surface area (Å²) in [7, 11) is 0. The second-order valence-electron chi connectivity index (χ2n) is 3.03. The van der Waals surface area contributed by atoms with Crippen molar-refractivity contribution in [2.45, 2.75) is 5.75 Å². The lowest BCUT2D eigenvalue weighted by atomic mass is 10.2. The minimum atomic E-state index is 0.669. The van der Waals surface area contributed by atoms with Gasteiger partial charge in [0.05, 0.1) is 17.5 Å². The Morgan fingerprint density at radius 1 is 1.50 bits per heavy atom. The van der Waals surface area contributed by atoms with Crippen LogP contribution in [0.4, 0.5) is 5.69 Å². The lowest BCUT2D eigenvalue weighted by Crippen LogP contribution is -2.17. The molecular weight excluding hydrogens is 220 g/mol. The summed E-state index contributed by atoms with van der Waals surface area (Å²) in [6, 6.07) is 5.53. The maximum atomic E-state index is 10.6. The molecular formula is C9H9ClN2OS. The third-order valence-electron chi connectivity index (χ3n) is 2.12. The zero-order valence-electron chi connectivity index (χ0n) is 7.44. The van der Waals surface area contributed by atoms with E-state index in [-0.39, 0.29) is 0 Å². The van der Waals surface area contributed by atoms with Gasteiger partial charge in [0.1, 0.15) is 0 Å². The van der Waals surface area contributed by atoms with E-state index in [0.29, 0.717) is 11.6 Å². The van der Waals surface area contributed by atoms with Crippen LogP contribution in [0, 0.1) is 4.91 Å². The number of hydrogen-bond donors (Lipinski definition) is 0. The molecule has 2 rings (SSSR count). The second-order valence-corrected chi connectivity index (χ2v) is 4.57. The molecule has 0 saturated carbocycles. The molecule has 0 saturated heterocycles. The molecule has 14 heavy (non-hydrogen) atoms. The van der Waals surface area contributed by atoms with Crippen molar-refractivity contribution in [1.29, 1.82) is 0 Å². The van der Waals surface area contributed by atoms with E-state index in [2.05, 4.69) is 5.29 Å². The summed E-state index contributed by atoms with van der Waals surface area (Å²) in [5.74, 6) is 1.81. The predicted molar refractivity (Wildman–Crippen MR) is 60.8 cm³/mol. The van der Waals surface area contributed by atoms with Gasteiger partial charge in [-0.3, -0.25) is 0 Å². The highest BCUT2D eigenvalue weighted by atomic mass is 35.5. The zero-order chi connectivity index (χ0) is 9.97. The van der Waals surface area contributed by atoms with Crippen LogP contribution in [0.3, 0.4) is 0 Å². The molecule has 5 heteroatoms. The lowest BCUT2D eigenvalue weighted by Gasteiger charge is -2.14. The van der Waals surface area contributed by atoms with Crippen molar-refractivity contribution < 1.29 is 0 Å². The first kappa shape index (κ1) is 9.80. The van der Waals surface area contributed by atoms with Crippen LogP contribution in [0.15, 0.2) is 23.5 Å². The molecule has 0 unspecified atom stereocenters. The fourth-order valence-corrected chi connectivity index (χ4v) is 2.55. The molecule has 0 spiro atoms. The van der Waals surface area contributed by atoms with E-state index in [1.54, 1.807) is 17.8 Å². The Labute approximate surface area is 91.4 Å². The molecule has 1 aromatic rings. The van der Waals surface area contributed by atoms with E-state index < -0.39 is 0 Å². The number of rotatable bonds is 1. The van der Waals surface area contributed by atoms with Gasteiger partial charge in [-0.25, -0.2) is 5.01 Å². The van der Waals surface area contributed by atoms with Crippen LogP contribution in [-0.2, 0) is 5.75 Å². The first-order valence-corrected chi connectivity index (χ1v) is 5.81. The maximum absolute atomic E-state index is 10.6. The van der Waals surface area contributed by atoms with Crippen molar-refractivity contribution in [3.63, 3.8) is 0 Å². The fraction of sp³-hybridized carbons (Fsp3) is 0.333. The summed E-state index contributed by atoms with van der Waals surface area (Å²) < 4.78 is 0. The van der Waals surface area contributed by atoms with E-state index in [1.807, 2.05) is 12.1 Å². The predicted octanol–water partition coefficient (Wildman–Crippen LogP) is 3.07. The number of fused-ring (bicyclic) bond motifs is 1. The van der Waals surface area contributed by atoms with Crippen LogP contribution in [0.2, 0.25) is 5.02 Å². The van der Waals surface area contributed by atoms with E-state index in [9.17, 15) is 4.91 Å². The van der Waals surface area contributed by atoms with Crippen molar-refractivity contribution >= 4 is 29.1 Å². The molecule has 0 fully saturated rings. The van der Waals surface area contributed by atoms with Crippen molar-refractivity contribution in [2.24, 2.45) is 5.29 Å². The smallest absolute Gasteiger partial charge is 0.0668 e. The summed E-state index contributed by atoms with van der Waals surface area (Å²) in [4.78, 5) is 10.6. The first-order chi connectivity index (χ1) is 6.81. The fourth-order valence-electron chi connectivity index (χ4n) is 1.46. The summed E-state index contributed by atoms with van der Waals surface area (Å²) in [5, 5.41) is 5.20. The van der Waals surface area contributed by atoms with Crippen molar-refractivity contribution in [3.8, 4) is 0 Å². The lowest BCUT2D eigenvalue weighted by molar-refractivity contribution is 0.893. The Kier molecular flexibility index (Phi) is 2.93. The monoisotopic (exact) mass is 228 g/mol. The molecule has 0 radical (unpaired) electrons. The van der Waals surface area contributed by atoms with E-state index in [1.165, 1.54) is 5.01 Å². The molecule has 1 heterocycles. The highest BCUT2D eigenvalue weighted by Crippen LogP contribution is 2.30. The Morgan fingerprint density at radius 3 is 3.14 bits per heavy atom. The zero-order valence-corrected chi connectivity index (χ0v) is 9.01. The van der Waals surface area contributed by atoms with E-state index in [0.717, 1.165) is 22.8 Å². The van der Waals surface area contributed by atoms with Gasteiger partial charge < -0.3 is 0 Å². The van der Waals surface area contributed by atoms with Gasteiger partial charge in [-0.15, -0.1) is 4.91 Å². The van der Waals surface area contributed by atoms with Crippen molar-refractivity contribution in [1.82, 2.24) is 0 Å². The van der Waals surface area contributed by atoms with Gasteiger partial charge in [0.2, 0.25) is 0 Å². The first-order valence-electron chi connectivity index (χ1n) is 4.28. The van der Waals surface area contributed by atoms with E-state index >= 15 is 0 Å². The number of nitrogens with zero attached hydrogens (tertiary/aromatic N) is 2. The van der Waals surface area contributed by atoms with Gasteiger partial charge in [-0.2, -0.15) is 11.8 Å². The van der Waals surface area contributed by atoms with Crippen molar-refractivity contribution in [2.75, 3.05) is 17.3 Å². The molecule has 3 nitrogen and oxygen atoms in total. The van der Waals surface area contributed by atoms with Gasteiger partial charge in [-0.1, -0.05) is 11.6 Å². The molecule has 0 aliphatic carbocycles. The van der Waals surface area contributed by atoms with Crippen LogP contribution in [0.5, 0.6) is 0 Å². The number of nitroso groups, excluding NO2 is 1. The third-order valence-corrected chi connectivity index (χ3v) is 3.34. The van der Waals surface area contributed by atoms with Crippen LogP contribution < -0.4 is 5.01 Å². The Hall–Kier alpha value is -0.740. The van der Waals surface area contributed by atoms with Gasteiger partial charge >= 0.3 is 0 Å². The third kappa shape index (κ3) is 1.86. The molecule has 0 amide bonds. The van der Waals surface area contributed by atoms with Crippen LogP contribution in [0.1, 0.15) is 5.56 Å². The normalized spacial score (nSPS) is 15.9. The Morgan fingerprint density at radius 2 is 2.36 bits per heavy atom. The molecule has 74 valence electrons. The minimum Gasteiger partial charge on any atom is -0.228 e. The Bertz CT molecular complexity index is 359. The van der Waals surface area contributed by atoms with Crippen molar-refractivity contribution in [3.05, 3.63) is 33.7 Å². The molecule has 1 aliphatic heterocycles. The molecule has 1 aromatic carbocycles.